The highest BCUT2D eigenvalue weighted by atomic mass is 32.1. The molecule has 1 fully saturated rings. The van der Waals surface area contributed by atoms with Crippen molar-refractivity contribution in [3.8, 4) is 11.4 Å². The van der Waals surface area contributed by atoms with Crippen LogP contribution in [0.15, 0.2) is 12.4 Å². The van der Waals surface area contributed by atoms with Crippen molar-refractivity contribution in [2.24, 2.45) is 0 Å². The molecule has 0 aromatic carbocycles. The lowest BCUT2D eigenvalue weighted by atomic mass is 10.3. The average Bonchev–Trinajstić information content (AvgIpc) is 2.75. The van der Waals surface area contributed by atoms with Gasteiger partial charge >= 0.3 is 0 Å². The Morgan fingerprint density at radius 3 is 3.00 bits per heavy atom. The van der Waals surface area contributed by atoms with E-state index >= 15 is 0 Å². The second-order valence-electron chi connectivity index (χ2n) is 3.44. The third-order valence-corrected chi connectivity index (χ3v) is 2.66. The summed E-state index contributed by atoms with van der Waals surface area (Å²) in [6, 6.07) is 0.533. The Hall–Kier alpha value is -1.43. The van der Waals surface area contributed by atoms with Crippen molar-refractivity contribution in [3.63, 3.8) is 0 Å². The largest absolute Gasteiger partial charge is 0.297 e. The zero-order valence-corrected chi connectivity index (χ0v) is 8.21. The highest BCUT2D eigenvalue weighted by molar-refractivity contribution is 7.71. The van der Waals surface area contributed by atoms with Crippen LogP contribution < -0.4 is 0 Å². The van der Waals surface area contributed by atoms with E-state index < -0.39 is 0 Å². The summed E-state index contributed by atoms with van der Waals surface area (Å²) in [5, 5.41) is 13.7. The summed E-state index contributed by atoms with van der Waals surface area (Å²) in [5.41, 5.74) is 0.976. The van der Waals surface area contributed by atoms with Gasteiger partial charge in [-0.3, -0.25) is 14.8 Å². The number of aromatic amines is 2. The first-order valence-corrected chi connectivity index (χ1v) is 4.93. The van der Waals surface area contributed by atoms with Crippen molar-refractivity contribution >= 4 is 12.2 Å². The van der Waals surface area contributed by atoms with Crippen molar-refractivity contribution in [2.45, 2.75) is 18.9 Å². The molecule has 0 spiro atoms. The normalized spacial score (nSPS) is 16.0. The van der Waals surface area contributed by atoms with E-state index in [2.05, 4.69) is 25.0 Å². The van der Waals surface area contributed by atoms with Gasteiger partial charge in [-0.05, 0) is 25.1 Å². The molecule has 0 amide bonds. The molecule has 72 valence electrons. The SMILES string of the molecule is S=c1[nH]nc(-c2cn[nH]c2)n1C1CC1. The zero-order valence-electron chi connectivity index (χ0n) is 7.40. The molecule has 2 aromatic rings. The van der Waals surface area contributed by atoms with Gasteiger partial charge in [0.05, 0.1) is 11.8 Å². The lowest BCUT2D eigenvalue weighted by Gasteiger charge is -2.00. The molecule has 1 aliphatic rings. The van der Waals surface area contributed by atoms with Crippen LogP contribution in [0.25, 0.3) is 11.4 Å². The first kappa shape index (κ1) is 7.93. The molecule has 5 nitrogen and oxygen atoms in total. The quantitative estimate of drug-likeness (QED) is 0.736. The molecule has 6 heteroatoms. The Kier molecular flexibility index (Phi) is 1.57. The molecule has 0 aliphatic heterocycles. The number of nitrogens with one attached hydrogen (secondary N) is 2. The van der Waals surface area contributed by atoms with Gasteiger partial charge in [-0.1, -0.05) is 0 Å². The van der Waals surface area contributed by atoms with E-state index in [4.69, 9.17) is 12.2 Å². The fourth-order valence-electron chi connectivity index (χ4n) is 1.55. The van der Waals surface area contributed by atoms with Crippen LogP contribution in [0.1, 0.15) is 18.9 Å². The van der Waals surface area contributed by atoms with Gasteiger partial charge < -0.3 is 0 Å². The molecule has 0 radical (unpaired) electrons. The molecule has 0 unspecified atom stereocenters. The van der Waals surface area contributed by atoms with E-state index in [1.54, 1.807) is 6.20 Å². The van der Waals surface area contributed by atoms with Gasteiger partial charge in [-0.15, -0.1) is 0 Å². The van der Waals surface area contributed by atoms with E-state index in [0.29, 0.717) is 10.8 Å². The van der Waals surface area contributed by atoms with Crippen LogP contribution in [0.2, 0.25) is 0 Å². The molecule has 2 heterocycles. The van der Waals surface area contributed by atoms with Crippen LogP contribution in [0.3, 0.4) is 0 Å². The van der Waals surface area contributed by atoms with E-state index in [9.17, 15) is 0 Å². The Balaban J connectivity index is 2.18. The molecule has 0 saturated heterocycles. The van der Waals surface area contributed by atoms with Crippen molar-refractivity contribution in [1.29, 1.82) is 0 Å². The number of hydrogen-bond donors (Lipinski definition) is 2. The number of rotatable bonds is 2. The molecule has 0 atom stereocenters. The van der Waals surface area contributed by atoms with Crippen LogP contribution in [-0.4, -0.2) is 25.0 Å². The summed E-state index contributed by atoms with van der Waals surface area (Å²) >= 11 is 5.18. The minimum Gasteiger partial charge on any atom is -0.297 e. The predicted octanol–water partition coefficient (Wildman–Crippen LogP) is 1.67. The van der Waals surface area contributed by atoms with Crippen molar-refractivity contribution in [2.75, 3.05) is 0 Å². The van der Waals surface area contributed by atoms with Gasteiger partial charge in [0.2, 0.25) is 0 Å². The Morgan fingerprint density at radius 1 is 1.50 bits per heavy atom. The lowest BCUT2D eigenvalue weighted by molar-refractivity contribution is 0.735. The zero-order chi connectivity index (χ0) is 9.54. The fourth-order valence-corrected chi connectivity index (χ4v) is 1.83. The van der Waals surface area contributed by atoms with E-state index in [-0.39, 0.29) is 0 Å². The predicted molar refractivity (Wildman–Crippen MR) is 53.3 cm³/mol. The summed E-state index contributed by atoms with van der Waals surface area (Å²) < 4.78 is 2.77. The molecule has 14 heavy (non-hydrogen) atoms. The molecule has 1 saturated carbocycles. The first-order valence-electron chi connectivity index (χ1n) is 4.52. The lowest BCUT2D eigenvalue weighted by Crippen LogP contribution is -1.96. The van der Waals surface area contributed by atoms with Gasteiger partial charge in [0.1, 0.15) is 0 Å². The monoisotopic (exact) mass is 207 g/mol. The van der Waals surface area contributed by atoms with Crippen LogP contribution in [0.4, 0.5) is 0 Å². The molecule has 0 bridgehead atoms. The summed E-state index contributed by atoms with van der Waals surface area (Å²) in [7, 11) is 0. The van der Waals surface area contributed by atoms with Gasteiger partial charge in [0.15, 0.2) is 10.6 Å². The highest BCUT2D eigenvalue weighted by Gasteiger charge is 2.27. The van der Waals surface area contributed by atoms with E-state index in [1.165, 1.54) is 12.8 Å². The summed E-state index contributed by atoms with van der Waals surface area (Å²) in [6.45, 7) is 0. The molecule has 2 N–H and O–H groups in total. The first-order chi connectivity index (χ1) is 6.86. The average molecular weight is 207 g/mol. The van der Waals surface area contributed by atoms with Gasteiger partial charge in [-0.2, -0.15) is 10.2 Å². The summed E-state index contributed by atoms with van der Waals surface area (Å²) in [5.74, 6) is 0.881. The van der Waals surface area contributed by atoms with Gasteiger partial charge in [-0.25, -0.2) is 0 Å². The van der Waals surface area contributed by atoms with Gasteiger partial charge in [0.25, 0.3) is 0 Å². The number of H-pyrrole nitrogens is 2. The van der Waals surface area contributed by atoms with Crippen LogP contribution >= 0.6 is 12.2 Å². The number of hydrogen-bond acceptors (Lipinski definition) is 3. The van der Waals surface area contributed by atoms with Crippen LogP contribution in [0.5, 0.6) is 0 Å². The van der Waals surface area contributed by atoms with Crippen LogP contribution in [-0.2, 0) is 0 Å². The summed E-state index contributed by atoms with van der Waals surface area (Å²) in [4.78, 5) is 0. The van der Waals surface area contributed by atoms with Crippen LogP contribution in [0, 0.1) is 4.77 Å². The van der Waals surface area contributed by atoms with Crippen molar-refractivity contribution < 1.29 is 0 Å². The smallest absolute Gasteiger partial charge is 0.195 e. The van der Waals surface area contributed by atoms with Gasteiger partial charge in [0, 0.05) is 12.2 Å². The minimum atomic E-state index is 0.533. The maximum atomic E-state index is 5.18. The number of aromatic nitrogens is 5. The molecular weight excluding hydrogens is 198 g/mol. The second-order valence-corrected chi connectivity index (χ2v) is 3.83. The molecular formula is C8H9N5S. The Bertz CT molecular complexity index is 490. The fraction of sp³-hybridized carbons (Fsp3) is 0.375. The number of nitrogens with zero attached hydrogens (tertiary/aromatic N) is 3. The van der Waals surface area contributed by atoms with Crippen molar-refractivity contribution in [3.05, 3.63) is 17.2 Å². The van der Waals surface area contributed by atoms with E-state index in [0.717, 1.165) is 11.4 Å². The molecule has 1 aliphatic carbocycles. The van der Waals surface area contributed by atoms with E-state index in [1.807, 2.05) is 6.20 Å². The third kappa shape index (κ3) is 1.11. The Morgan fingerprint density at radius 2 is 2.36 bits per heavy atom. The highest BCUT2D eigenvalue weighted by Crippen LogP contribution is 2.37. The third-order valence-electron chi connectivity index (χ3n) is 2.37. The molecule has 3 rings (SSSR count). The minimum absolute atomic E-state index is 0.533. The second kappa shape index (κ2) is 2.78. The molecule has 2 aromatic heterocycles. The Labute approximate surface area is 85.2 Å². The maximum absolute atomic E-state index is 5.18. The topological polar surface area (TPSA) is 62.3 Å². The van der Waals surface area contributed by atoms with Crippen molar-refractivity contribution in [1.82, 2.24) is 25.0 Å². The summed E-state index contributed by atoms with van der Waals surface area (Å²) in [6.07, 6.45) is 5.96. The maximum Gasteiger partial charge on any atom is 0.195 e. The standard InChI is InChI=1S/C8H9N5S/c14-8-12-11-7(5-3-9-10-4-5)13(8)6-1-2-6/h3-4,6H,1-2H2,(H,9,10)(H,12,14).